The molecule has 1 unspecified atom stereocenters. The molecule has 0 saturated carbocycles. The molecule has 2 heteroatoms. The molecule has 0 amide bonds. The van der Waals surface area contributed by atoms with Crippen LogP contribution in [0.3, 0.4) is 0 Å². The minimum absolute atomic E-state index is 0.260. The first-order valence-corrected chi connectivity index (χ1v) is 8.24. The molecule has 0 aliphatic heterocycles. The zero-order valence-electron chi connectivity index (χ0n) is 12.1. The predicted octanol–water partition coefficient (Wildman–Crippen LogP) is 3.74. The molecule has 1 atom stereocenters. The van der Waals surface area contributed by atoms with E-state index in [4.69, 9.17) is 0 Å². The van der Waals surface area contributed by atoms with Crippen LogP contribution in [0, 0.1) is 0 Å². The monoisotopic (exact) mass is 227 g/mol. The summed E-state index contributed by atoms with van der Waals surface area (Å²) in [4.78, 5) is 0. The summed E-state index contributed by atoms with van der Waals surface area (Å²) in [6, 6.07) is 0. The van der Waals surface area contributed by atoms with Gasteiger partial charge in [0.2, 0.25) is 0 Å². The van der Waals surface area contributed by atoms with Gasteiger partial charge < -0.3 is 4.57 Å². The lowest BCUT2D eigenvalue weighted by molar-refractivity contribution is 0.135. The zero-order valence-corrected chi connectivity index (χ0v) is 13.3. The molecule has 0 rings (SSSR count). The molecule has 15 heavy (non-hydrogen) atoms. The maximum atomic E-state index is 2.70. The summed E-state index contributed by atoms with van der Waals surface area (Å²) in [5.41, 5.74) is 4.45. The fourth-order valence-electron chi connectivity index (χ4n) is 2.78. The van der Waals surface area contributed by atoms with Crippen LogP contribution in [-0.2, 0) is 0 Å². The Morgan fingerprint density at radius 3 is 1.47 bits per heavy atom. The Balaban J connectivity index is 5.06. The van der Waals surface area contributed by atoms with Crippen LogP contribution in [0.4, 0.5) is 0 Å². The average Bonchev–Trinajstić information content (AvgIpc) is 1.74. The fraction of sp³-hybridized carbons (Fsp3) is 0.846. The van der Waals surface area contributed by atoms with Crippen molar-refractivity contribution in [1.82, 2.24) is 4.57 Å². The van der Waals surface area contributed by atoms with Crippen molar-refractivity contribution >= 4 is 8.96 Å². The van der Waals surface area contributed by atoms with Crippen LogP contribution >= 0.6 is 0 Å². The van der Waals surface area contributed by atoms with E-state index in [0.29, 0.717) is 0 Å². The average molecular weight is 227 g/mol. The Hall–Kier alpha value is -0.0831. The van der Waals surface area contributed by atoms with Crippen molar-refractivity contribution in [3.63, 3.8) is 0 Å². The van der Waals surface area contributed by atoms with E-state index in [-0.39, 0.29) is 11.1 Å². The predicted molar refractivity (Wildman–Crippen MR) is 73.8 cm³/mol. The molecule has 0 aromatic heterocycles. The molecule has 0 spiro atoms. The lowest BCUT2D eigenvalue weighted by atomic mass is 10.0. The normalized spacial score (nSPS) is 15.3. The van der Waals surface area contributed by atoms with Gasteiger partial charge in [-0.3, -0.25) is 0 Å². The van der Waals surface area contributed by atoms with Crippen LogP contribution in [0.5, 0.6) is 0 Å². The molecule has 0 aromatic carbocycles. The largest absolute Gasteiger partial charge is 0.314 e. The summed E-state index contributed by atoms with van der Waals surface area (Å²) >= 11 is 0. The van der Waals surface area contributed by atoms with Crippen molar-refractivity contribution in [3.05, 3.63) is 11.3 Å². The van der Waals surface area contributed by atoms with E-state index in [1.54, 1.807) is 0 Å². The fourth-order valence-corrected chi connectivity index (χ4v) is 6.34. The Labute approximate surface area is 98.2 Å². The topological polar surface area (TPSA) is 3.24 Å². The first kappa shape index (κ1) is 14.9. The molecule has 0 aromatic rings. The highest BCUT2D eigenvalue weighted by atomic mass is 28.3. The molecule has 0 N–H and O–H groups in total. The van der Waals surface area contributed by atoms with E-state index in [1.165, 1.54) is 5.57 Å². The molecule has 0 saturated heterocycles. The van der Waals surface area contributed by atoms with Gasteiger partial charge in [0, 0.05) is 11.1 Å². The molecule has 0 aliphatic carbocycles. The molecule has 90 valence electrons. The lowest BCUT2D eigenvalue weighted by Crippen LogP contribution is -2.58. The van der Waals surface area contributed by atoms with Gasteiger partial charge in [-0.15, -0.1) is 0 Å². The number of hydrogen-bond acceptors (Lipinski definition) is 1. The van der Waals surface area contributed by atoms with Gasteiger partial charge >= 0.3 is 0 Å². The first-order chi connectivity index (χ1) is 6.46. The molecule has 0 fully saturated rings. The zero-order chi connectivity index (χ0) is 12.4. The Kier molecular flexibility index (Phi) is 4.81. The van der Waals surface area contributed by atoms with Crippen LogP contribution in [-0.4, -0.2) is 24.6 Å². The van der Waals surface area contributed by atoms with Gasteiger partial charge in [-0.2, -0.15) is 0 Å². The van der Waals surface area contributed by atoms with E-state index < -0.39 is 8.96 Å². The first-order valence-electron chi connectivity index (χ1n) is 5.90. The lowest BCUT2D eigenvalue weighted by Gasteiger charge is -2.48. The summed E-state index contributed by atoms with van der Waals surface area (Å²) < 4.78 is 2.70. The van der Waals surface area contributed by atoms with Crippen LogP contribution in [0.15, 0.2) is 11.3 Å². The van der Waals surface area contributed by atoms with Crippen molar-refractivity contribution in [1.29, 1.82) is 0 Å². The quantitative estimate of drug-likeness (QED) is 0.650. The molecular weight excluding hydrogens is 198 g/mol. The standard InChI is InChI=1S/C13H29NSi/c1-11(2)10-15(9)14(12(3,4)5)13(6,7)8/h10,15H,1-9H3. The highest BCUT2D eigenvalue weighted by Crippen LogP contribution is 2.26. The summed E-state index contributed by atoms with van der Waals surface area (Å²) in [6.45, 7) is 20.7. The summed E-state index contributed by atoms with van der Waals surface area (Å²) in [5, 5.41) is 0. The summed E-state index contributed by atoms with van der Waals surface area (Å²) in [7, 11) is -0.954. The van der Waals surface area contributed by atoms with E-state index in [1.807, 2.05) is 0 Å². The highest BCUT2D eigenvalue weighted by Gasteiger charge is 2.34. The van der Waals surface area contributed by atoms with Gasteiger partial charge in [0.25, 0.3) is 0 Å². The Bertz CT molecular complexity index is 212. The number of rotatable bonds is 2. The van der Waals surface area contributed by atoms with Crippen LogP contribution in [0.25, 0.3) is 0 Å². The SMILES string of the molecule is CC(C)=C[SiH](C)N(C(C)(C)C)C(C)(C)C. The van der Waals surface area contributed by atoms with Crippen molar-refractivity contribution in [2.75, 3.05) is 0 Å². The van der Waals surface area contributed by atoms with Crippen molar-refractivity contribution in [3.8, 4) is 0 Å². The second kappa shape index (κ2) is 4.83. The summed E-state index contributed by atoms with van der Waals surface area (Å²) in [6.07, 6.45) is 0. The number of nitrogens with zero attached hydrogens (tertiary/aromatic N) is 1. The minimum Gasteiger partial charge on any atom is -0.314 e. The minimum atomic E-state index is -0.954. The number of allylic oxidation sites excluding steroid dienone is 1. The molecular formula is C13H29NSi. The number of hydrogen-bond donors (Lipinski definition) is 0. The second-order valence-electron chi connectivity index (χ2n) is 6.70. The van der Waals surface area contributed by atoms with Gasteiger partial charge in [0.1, 0.15) is 8.96 Å². The Morgan fingerprint density at radius 1 is 0.933 bits per heavy atom. The van der Waals surface area contributed by atoms with Crippen molar-refractivity contribution in [2.24, 2.45) is 0 Å². The van der Waals surface area contributed by atoms with Gasteiger partial charge in [0.05, 0.1) is 0 Å². The van der Waals surface area contributed by atoms with Gasteiger partial charge in [0.15, 0.2) is 0 Å². The third kappa shape index (κ3) is 4.98. The molecule has 0 heterocycles. The molecule has 1 nitrogen and oxygen atoms in total. The molecule has 0 aliphatic rings. The van der Waals surface area contributed by atoms with Crippen molar-refractivity contribution in [2.45, 2.75) is 73.0 Å². The smallest absolute Gasteiger partial charge is 0.134 e. The third-order valence-electron chi connectivity index (χ3n) is 2.43. The van der Waals surface area contributed by atoms with E-state index >= 15 is 0 Å². The Morgan fingerprint density at radius 2 is 1.27 bits per heavy atom. The van der Waals surface area contributed by atoms with E-state index in [0.717, 1.165) is 0 Å². The van der Waals surface area contributed by atoms with Crippen LogP contribution in [0.1, 0.15) is 55.4 Å². The van der Waals surface area contributed by atoms with Crippen molar-refractivity contribution < 1.29 is 0 Å². The second-order valence-corrected chi connectivity index (χ2v) is 9.03. The van der Waals surface area contributed by atoms with Gasteiger partial charge in [-0.1, -0.05) is 17.8 Å². The maximum Gasteiger partial charge on any atom is 0.134 e. The van der Waals surface area contributed by atoms with Crippen LogP contribution in [0.2, 0.25) is 6.55 Å². The third-order valence-corrected chi connectivity index (χ3v) is 5.94. The van der Waals surface area contributed by atoms with E-state index in [2.05, 4.69) is 72.2 Å². The van der Waals surface area contributed by atoms with Crippen LogP contribution < -0.4 is 0 Å². The molecule has 0 radical (unpaired) electrons. The van der Waals surface area contributed by atoms with Gasteiger partial charge in [-0.25, -0.2) is 0 Å². The maximum absolute atomic E-state index is 2.70. The molecule has 0 bridgehead atoms. The van der Waals surface area contributed by atoms with E-state index in [9.17, 15) is 0 Å². The highest BCUT2D eigenvalue weighted by molar-refractivity contribution is 6.60. The summed E-state index contributed by atoms with van der Waals surface area (Å²) in [5.74, 6) is 0. The van der Waals surface area contributed by atoms with Gasteiger partial charge in [-0.05, 0) is 55.4 Å².